The van der Waals surface area contributed by atoms with Gasteiger partial charge in [-0.15, -0.1) is 0 Å². The second-order valence-corrected chi connectivity index (χ2v) is 9.84. The fourth-order valence-electron chi connectivity index (χ4n) is 5.16. The van der Waals surface area contributed by atoms with E-state index in [0.717, 1.165) is 28.8 Å². The Morgan fingerprint density at radius 2 is 1.71 bits per heavy atom. The number of benzene rings is 2. The maximum atomic E-state index is 13.5. The Hall–Kier alpha value is -4.21. The van der Waals surface area contributed by atoms with E-state index in [0.29, 0.717) is 37.8 Å². The molecule has 2 heterocycles. The minimum absolute atomic E-state index is 0.0179. The van der Waals surface area contributed by atoms with Crippen LogP contribution >= 0.6 is 0 Å². The number of hydrogen-bond acceptors (Lipinski definition) is 5. The third-order valence-corrected chi connectivity index (χ3v) is 6.97. The first kappa shape index (κ1) is 26.8. The van der Waals surface area contributed by atoms with Gasteiger partial charge in [-0.05, 0) is 60.9 Å². The molecule has 200 valence electrons. The van der Waals surface area contributed by atoms with Gasteiger partial charge in [-0.1, -0.05) is 30.3 Å². The van der Waals surface area contributed by atoms with Gasteiger partial charge in [-0.25, -0.2) is 0 Å². The van der Waals surface area contributed by atoms with Crippen LogP contribution in [-0.4, -0.2) is 41.6 Å². The number of primary amides is 2. The Labute approximate surface area is 221 Å². The number of nitrogens with zero attached hydrogens (tertiary/aromatic N) is 1. The summed E-state index contributed by atoms with van der Waals surface area (Å²) < 4.78 is 0. The molecule has 0 aromatic heterocycles. The minimum atomic E-state index is -1.03. The molecule has 0 aliphatic carbocycles. The van der Waals surface area contributed by atoms with Crippen LogP contribution in [0.4, 0.5) is 11.4 Å². The quantitative estimate of drug-likeness (QED) is 0.353. The molecule has 10 nitrogen and oxygen atoms in total. The zero-order valence-electron chi connectivity index (χ0n) is 21.2. The molecule has 0 saturated heterocycles. The Bertz CT molecular complexity index is 1260. The smallest absolute Gasteiger partial charge is 0.246 e. The lowest BCUT2D eigenvalue weighted by Crippen LogP contribution is -2.53. The zero-order valence-corrected chi connectivity index (χ0v) is 21.2. The first-order chi connectivity index (χ1) is 18.2. The standard InChI is InChI=1S/C28H33N5O5/c29-23(34)11-2-6-17-5-1-10-20(15-17)31-27(37)21(13-14-24(30)35)32-28(38)22-16-19-9-3-7-18-8-4-12-25(36)33(22)26(18)19/h1,3,5,7,9-10,15,21-22H,2,4,6,8,11-14,16H2,(H2,29,34)(H2,30,35)(H,31,37)(H,32,38)/t21-,22-/m0/s1. The third kappa shape index (κ3) is 6.37. The second kappa shape index (κ2) is 11.9. The highest BCUT2D eigenvalue weighted by molar-refractivity contribution is 6.06. The summed E-state index contributed by atoms with van der Waals surface area (Å²) in [6.45, 7) is 0. The molecule has 0 radical (unpaired) electrons. The molecule has 38 heavy (non-hydrogen) atoms. The van der Waals surface area contributed by atoms with Gasteiger partial charge < -0.3 is 22.1 Å². The summed E-state index contributed by atoms with van der Waals surface area (Å²) in [4.78, 5) is 63.7. The van der Waals surface area contributed by atoms with E-state index >= 15 is 0 Å². The zero-order chi connectivity index (χ0) is 27.2. The molecule has 0 fully saturated rings. The van der Waals surface area contributed by atoms with Crippen molar-refractivity contribution in [1.29, 1.82) is 0 Å². The van der Waals surface area contributed by atoms with Gasteiger partial charge in [0.05, 0.1) is 5.69 Å². The van der Waals surface area contributed by atoms with E-state index in [2.05, 4.69) is 10.6 Å². The fraction of sp³-hybridized carbons (Fsp3) is 0.393. The SMILES string of the molecule is NC(=O)CCCc1cccc(NC(=O)[C@H](CCC(N)=O)NC(=O)[C@@H]2Cc3cccc4c3N2C(=O)CCC4)c1. The van der Waals surface area contributed by atoms with Crippen LogP contribution in [0.5, 0.6) is 0 Å². The normalized spacial score (nSPS) is 16.8. The van der Waals surface area contributed by atoms with Gasteiger partial charge in [0.1, 0.15) is 12.1 Å². The molecular formula is C28H33N5O5. The Morgan fingerprint density at radius 3 is 2.47 bits per heavy atom. The molecule has 2 aliphatic heterocycles. The van der Waals surface area contributed by atoms with Crippen molar-refractivity contribution in [2.75, 3.05) is 10.2 Å². The number of aryl methyl sites for hydroxylation is 2. The van der Waals surface area contributed by atoms with Crippen molar-refractivity contribution < 1.29 is 24.0 Å². The average molecular weight is 520 g/mol. The van der Waals surface area contributed by atoms with E-state index in [1.165, 1.54) is 0 Å². The topological polar surface area (TPSA) is 165 Å². The number of amides is 5. The predicted octanol–water partition coefficient (Wildman–Crippen LogP) is 1.48. The van der Waals surface area contributed by atoms with E-state index < -0.39 is 29.8 Å². The number of para-hydroxylation sites is 1. The number of anilines is 2. The van der Waals surface area contributed by atoms with Crippen LogP contribution in [0, 0.1) is 0 Å². The van der Waals surface area contributed by atoms with Crippen molar-refractivity contribution in [3.8, 4) is 0 Å². The van der Waals surface area contributed by atoms with Crippen LogP contribution in [0.3, 0.4) is 0 Å². The Kier molecular flexibility index (Phi) is 8.40. The highest BCUT2D eigenvalue weighted by atomic mass is 16.2. The van der Waals surface area contributed by atoms with Crippen LogP contribution in [0.15, 0.2) is 42.5 Å². The lowest BCUT2D eigenvalue weighted by molar-refractivity contribution is -0.129. The molecular weight excluding hydrogens is 486 g/mol. The molecule has 10 heteroatoms. The monoisotopic (exact) mass is 519 g/mol. The van der Waals surface area contributed by atoms with E-state index in [4.69, 9.17) is 11.5 Å². The summed E-state index contributed by atoms with van der Waals surface area (Å²) in [6.07, 6.45) is 3.58. The summed E-state index contributed by atoms with van der Waals surface area (Å²) in [6, 6.07) is 11.2. The molecule has 0 bridgehead atoms. The van der Waals surface area contributed by atoms with Gasteiger partial charge in [0, 0.05) is 31.4 Å². The Balaban J connectivity index is 1.48. The lowest BCUT2D eigenvalue weighted by Gasteiger charge is -2.27. The summed E-state index contributed by atoms with van der Waals surface area (Å²) in [5.41, 5.74) is 14.8. The number of carbonyl (C=O) groups excluding carboxylic acids is 5. The third-order valence-electron chi connectivity index (χ3n) is 6.97. The van der Waals surface area contributed by atoms with Crippen LogP contribution in [0.25, 0.3) is 0 Å². The second-order valence-electron chi connectivity index (χ2n) is 9.84. The highest BCUT2D eigenvalue weighted by Crippen LogP contribution is 2.39. The Morgan fingerprint density at radius 1 is 0.974 bits per heavy atom. The number of rotatable bonds is 11. The molecule has 6 N–H and O–H groups in total. The minimum Gasteiger partial charge on any atom is -0.370 e. The average Bonchev–Trinajstić information content (AvgIpc) is 3.18. The predicted molar refractivity (Wildman–Crippen MR) is 142 cm³/mol. The summed E-state index contributed by atoms with van der Waals surface area (Å²) >= 11 is 0. The van der Waals surface area contributed by atoms with Crippen molar-refractivity contribution in [1.82, 2.24) is 5.32 Å². The van der Waals surface area contributed by atoms with Crippen molar-refractivity contribution in [3.63, 3.8) is 0 Å². The van der Waals surface area contributed by atoms with Gasteiger partial charge in [-0.3, -0.25) is 28.9 Å². The van der Waals surface area contributed by atoms with Crippen molar-refractivity contribution >= 4 is 40.9 Å². The van der Waals surface area contributed by atoms with Crippen molar-refractivity contribution in [3.05, 3.63) is 59.2 Å². The summed E-state index contributed by atoms with van der Waals surface area (Å²) in [5.74, 6) is -2.01. The summed E-state index contributed by atoms with van der Waals surface area (Å²) in [5, 5.41) is 5.58. The van der Waals surface area contributed by atoms with Gasteiger partial charge in [-0.2, -0.15) is 0 Å². The molecule has 2 aromatic carbocycles. The maximum absolute atomic E-state index is 13.5. The van der Waals surface area contributed by atoms with E-state index in [-0.39, 0.29) is 31.1 Å². The fourth-order valence-corrected chi connectivity index (χ4v) is 5.16. The maximum Gasteiger partial charge on any atom is 0.246 e. The first-order valence-electron chi connectivity index (χ1n) is 12.9. The van der Waals surface area contributed by atoms with Crippen LogP contribution in [-0.2, 0) is 43.2 Å². The van der Waals surface area contributed by atoms with Crippen LogP contribution in [0.2, 0.25) is 0 Å². The summed E-state index contributed by atoms with van der Waals surface area (Å²) in [7, 11) is 0. The van der Waals surface area contributed by atoms with Crippen molar-refractivity contribution in [2.24, 2.45) is 11.5 Å². The molecule has 4 rings (SSSR count). The van der Waals surface area contributed by atoms with E-state index in [9.17, 15) is 24.0 Å². The highest BCUT2D eigenvalue weighted by Gasteiger charge is 2.41. The molecule has 0 spiro atoms. The van der Waals surface area contributed by atoms with Gasteiger partial charge in [0.2, 0.25) is 29.5 Å². The molecule has 0 saturated carbocycles. The van der Waals surface area contributed by atoms with Crippen LogP contribution in [0.1, 0.15) is 55.2 Å². The molecule has 0 unspecified atom stereocenters. The van der Waals surface area contributed by atoms with Crippen molar-refractivity contribution in [2.45, 2.75) is 69.9 Å². The van der Waals surface area contributed by atoms with Gasteiger partial charge in [0.25, 0.3) is 0 Å². The number of carbonyl (C=O) groups is 5. The van der Waals surface area contributed by atoms with E-state index in [1.54, 1.807) is 23.1 Å². The number of nitrogens with one attached hydrogen (secondary N) is 2. The molecule has 2 aromatic rings. The van der Waals surface area contributed by atoms with E-state index in [1.807, 2.05) is 24.3 Å². The number of nitrogens with two attached hydrogens (primary N) is 2. The first-order valence-corrected chi connectivity index (χ1v) is 12.9. The molecule has 5 amide bonds. The van der Waals surface area contributed by atoms with Gasteiger partial charge in [0.15, 0.2) is 0 Å². The van der Waals surface area contributed by atoms with Gasteiger partial charge >= 0.3 is 0 Å². The lowest BCUT2D eigenvalue weighted by atomic mass is 10.0. The molecule has 2 aliphatic rings. The van der Waals surface area contributed by atoms with Crippen LogP contribution < -0.4 is 27.0 Å². The number of hydrogen-bond donors (Lipinski definition) is 4. The largest absolute Gasteiger partial charge is 0.370 e. The molecule has 2 atom stereocenters.